The molecule has 1 aliphatic heterocycles. The largest absolute Gasteiger partial charge is 0.334 e. The smallest absolute Gasteiger partial charge is 0.259 e. The minimum Gasteiger partial charge on any atom is -0.334 e. The van der Waals surface area contributed by atoms with Gasteiger partial charge in [-0.1, -0.05) is 25.8 Å². The lowest BCUT2D eigenvalue weighted by Gasteiger charge is -2.31. The van der Waals surface area contributed by atoms with Crippen molar-refractivity contribution in [3.05, 3.63) is 23.8 Å². The Balaban J connectivity index is 3.09. The summed E-state index contributed by atoms with van der Waals surface area (Å²) < 4.78 is 11.6. The molecule has 1 atom stereocenters. The molecule has 0 radical (unpaired) electrons. The monoisotopic (exact) mass is 295 g/mol. The molecule has 1 aliphatic rings. The molecule has 4 heteroatoms. The number of hydrogen-bond donors (Lipinski definition) is 1. The van der Waals surface area contributed by atoms with Crippen molar-refractivity contribution in [3.63, 3.8) is 0 Å². The van der Waals surface area contributed by atoms with Crippen LogP contribution in [-0.2, 0) is 14.3 Å². The molecule has 4 nitrogen and oxygen atoms in total. The van der Waals surface area contributed by atoms with Gasteiger partial charge in [-0.05, 0) is 38.7 Å². The molecule has 0 aromatic carbocycles. The summed E-state index contributed by atoms with van der Waals surface area (Å²) in [5.74, 6) is -1.08. The zero-order valence-corrected chi connectivity index (χ0v) is 13.6. The molecule has 0 aromatic rings. The number of hydrogen-bond acceptors (Lipinski definition) is 4. The van der Waals surface area contributed by atoms with Gasteiger partial charge in [0.1, 0.15) is 0 Å². The van der Waals surface area contributed by atoms with Crippen LogP contribution in [0.15, 0.2) is 23.8 Å². The maximum atomic E-state index is 11.7. The first kappa shape index (κ1) is 18.1. The highest BCUT2D eigenvalue weighted by Crippen LogP contribution is 2.35. The highest BCUT2D eigenvalue weighted by Gasteiger charge is 2.46. The van der Waals surface area contributed by atoms with Gasteiger partial charge in [0, 0.05) is 19.3 Å². The number of ether oxygens (including phenoxy) is 2. The Morgan fingerprint density at radius 2 is 1.90 bits per heavy atom. The number of carbonyl (C=O) groups excluding carboxylic acids is 1. The van der Waals surface area contributed by atoms with Crippen LogP contribution < -0.4 is 5.32 Å². The van der Waals surface area contributed by atoms with Crippen molar-refractivity contribution in [2.75, 3.05) is 13.2 Å². The molecule has 0 bridgehead atoms. The van der Waals surface area contributed by atoms with Gasteiger partial charge in [0.15, 0.2) is 6.29 Å². The highest BCUT2D eigenvalue weighted by molar-refractivity contribution is 5.79. The molecule has 21 heavy (non-hydrogen) atoms. The molecule has 0 saturated heterocycles. The van der Waals surface area contributed by atoms with E-state index in [4.69, 9.17) is 9.47 Å². The van der Waals surface area contributed by atoms with E-state index in [0.29, 0.717) is 18.8 Å². The normalized spacial score (nSPS) is 20.8. The van der Waals surface area contributed by atoms with Crippen LogP contribution in [0.1, 0.15) is 52.9 Å². The van der Waals surface area contributed by atoms with Crippen LogP contribution >= 0.6 is 0 Å². The Morgan fingerprint density at radius 3 is 2.38 bits per heavy atom. The Bertz CT molecular complexity index is 370. The molecule has 0 aromatic heterocycles. The van der Waals surface area contributed by atoms with E-state index in [-0.39, 0.29) is 6.04 Å². The first-order chi connectivity index (χ1) is 10.2. The van der Waals surface area contributed by atoms with Crippen molar-refractivity contribution < 1.29 is 14.3 Å². The Kier molecular flexibility index (Phi) is 7.86. The van der Waals surface area contributed by atoms with Crippen LogP contribution in [0, 0.1) is 0 Å². The maximum absolute atomic E-state index is 11.7. The zero-order chi connectivity index (χ0) is 15.7. The van der Waals surface area contributed by atoms with Gasteiger partial charge in [-0.15, -0.1) is 6.58 Å². The molecule has 1 rings (SSSR count). The number of aldehydes is 1. The standard InChI is InChI=1S/C17H29NO3/c1-5-9-10-12-14-15(13-19)17(20-7-3,21-8-4)18-16(14)11-6-2/h6,13,16,18H,2,5,7-12H2,1,3-4H3. The first-order valence-corrected chi connectivity index (χ1v) is 8.04. The third kappa shape index (κ3) is 4.25. The van der Waals surface area contributed by atoms with Crippen molar-refractivity contribution in [2.45, 2.75) is 64.8 Å². The Labute approximate surface area is 128 Å². The Morgan fingerprint density at radius 1 is 1.24 bits per heavy atom. The fraction of sp³-hybridized carbons (Fsp3) is 0.706. The van der Waals surface area contributed by atoms with Gasteiger partial charge in [-0.3, -0.25) is 10.1 Å². The van der Waals surface area contributed by atoms with Crippen LogP contribution in [0.5, 0.6) is 0 Å². The predicted molar refractivity (Wildman–Crippen MR) is 85.0 cm³/mol. The van der Waals surface area contributed by atoms with Gasteiger partial charge < -0.3 is 9.47 Å². The summed E-state index contributed by atoms with van der Waals surface area (Å²) in [6.45, 7) is 10.8. The van der Waals surface area contributed by atoms with Gasteiger partial charge in [0.2, 0.25) is 0 Å². The topological polar surface area (TPSA) is 47.6 Å². The molecule has 1 unspecified atom stereocenters. The summed E-state index contributed by atoms with van der Waals surface area (Å²) in [4.78, 5) is 11.7. The second-order valence-electron chi connectivity index (χ2n) is 5.22. The van der Waals surface area contributed by atoms with Crippen molar-refractivity contribution in [3.8, 4) is 0 Å². The van der Waals surface area contributed by atoms with Crippen molar-refractivity contribution in [1.29, 1.82) is 0 Å². The van der Waals surface area contributed by atoms with Gasteiger partial charge in [0.25, 0.3) is 5.91 Å². The zero-order valence-electron chi connectivity index (χ0n) is 13.6. The molecule has 0 saturated carbocycles. The van der Waals surface area contributed by atoms with Gasteiger partial charge in [-0.2, -0.15) is 0 Å². The summed E-state index contributed by atoms with van der Waals surface area (Å²) >= 11 is 0. The summed E-state index contributed by atoms with van der Waals surface area (Å²) in [5, 5.41) is 3.36. The molecule has 1 N–H and O–H groups in total. The van der Waals surface area contributed by atoms with Crippen molar-refractivity contribution in [2.24, 2.45) is 0 Å². The molecule has 1 heterocycles. The average molecular weight is 295 g/mol. The lowest BCUT2D eigenvalue weighted by atomic mass is 9.96. The van der Waals surface area contributed by atoms with E-state index in [1.54, 1.807) is 0 Å². The van der Waals surface area contributed by atoms with Crippen LogP contribution in [-0.4, -0.2) is 31.5 Å². The second-order valence-corrected chi connectivity index (χ2v) is 5.22. The summed E-state index contributed by atoms with van der Waals surface area (Å²) in [7, 11) is 0. The fourth-order valence-electron chi connectivity index (χ4n) is 2.88. The average Bonchev–Trinajstić information content (AvgIpc) is 2.73. The summed E-state index contributed by atoms with van der Waals surface area (Å²) in [6, 6.07) is 0.0673. The van der Waals surface area contributed by atoms with Gasteiger partial charge in [0.05, 0.1) is 5.57 Å². The van der Waals surface area contributed by atoms with Crippen LogP contribution in [0.4, 0.5) is 0 Å². The van der Waals surface area contributed by atoms with Gasteiger partial charge in [-0.25, -0.2) is 0 Å². The number of rotatable bonds is 11. The van der Waals surface area contributed by atoms with Crippen molar-refractivity contribution in [1.82, 2.24) is 5.32 Å². The van der Waals surface area contributed by atoms with E-state index < -0.39 is 5.91 Å². The van der Waals surface area contributed by atoms with Crippen LogP contribution in [0.3, 0.4) is 0 Å². The molecular weight excluding hydrogens is 266 g/mol. The van der Waals surface area contributed by atoms with Crippen LogP contribution in [0.25, 0.3) is 0 Å². The van der Waals surface area contributed by atoms with E-state index >= 15 is 0 Å². The molecule has 0 amide bonds. The summed E-state index contributed by atoms with van der Waals surface area (Å²) in [6.07, 6.45) is 7.82. The lowest BCUT2D eigenvalue weighted by Crippen LogP contribution is -2.51. The minimum absolute atomic E-state index is 0.0673. The second kappa shape index (κ2) is 9.13. The minimum atomic E-state index is -1.08. The third-order valence-electron chi connectivity index (χ3n) is 3.75. The third-order valence-corrected chi connectivity index (χ3v) is 3.75. The van der Waals surface area contributed by atoms with E-state index in [2.05, 4.69) is 18.8 Å². The first-order valence-electron chi connectivity index (χ1n) is 8.04. The number of nitrogens with one attached hydrogen (secondary N) is 1. The molecule has 0 aliphatic carbocycles. The Hall–Kier alpha value is -0.970. The molecule has 0 fully saturated rings. The molecular formula is C17H29NO3. The fourth-order valence-corrected chi connectivity index (χ4v) is 2.88. The SMILES string of the molecule is C=CCC1NC(OCC)(OCC)C(C=O)=C1CCCCC. The predicted octanol–water partition coefficient (Wildman–Crippen LogP) is 3.34. The van der Waals surface area contributed by atoms with Crippen molar-refractivity contribution >= 4 is 6.29 Å². The lowest BCUT2D eigenvalue weighted by molar-refractivity contribution is -0.222. The van der Waals surface area contributed by atoms with E-state index in [1.165, 1.54) is 0 Å². The highest BCUT2D eigenvalue weighted by atomic mass is 16.7. The maximum Gasteiger partial charge on any atom is 0.259 e. The molecule has 0 spiro atoms. The van der Waals surface area contributed by atoms with Gasteiger partial charge >= 0.3 is 0 Å². The van der Waals surface area contributed by atoms with E-state index in [0.717, 1.165) is 44.0 Å². The number of unbranched alkanes of at least 4 members (excludes halogenated alkanes) is 2. The number of carbonyl (C=O) groups is 1. The van der Waals surface area contributed by atoms with E-state index in [9.17, 15) is 4.79 Å². The van der Waals surface area contributed by atoms with Crippen LogP contribution in [0.2, 0.25) is 0 Å². The molecule has 120 valence electrons. The summed E-state index contributed by atoms with van der Waals surface area (Å²) in [5.41, 5.74) is 1.73. The quantitative estimate of drug-likeness (QED) is 0.275. The van der Waals surface area contributed by atoms with E-state index in [1.807, 2.05) is 19.9 Å².